The molecule has 0 fully saturated rings. The van der Waals surface area contributed by atoms with E-state index in [1.165, 1.54) is 10.5 Å². The molecule has 3 heterocycles. The van der Waals surface area contributed by atoms with Crippen molar-refractivity contribution in [3.63, 3.8) is 0 Å². The Hall–Kier alpha value is -2.22. The van der Waals surface area contributed by atoms with E-state index in [1.807, 2.05) is 44.6 Å². The molecule has 0 spiro atoms. The van der Waals surface area contributed by atoms with E-state index in [0.29, 0.717) is 0 Å². The van der Waals surface area contributed by atoms with Crippen molar-refractivity contribution in [2.45, 2.75) is 35.0 Å². The van der Waals surface area contributed by atoms with Crippen molar-refractivity contribution in [3.8, 4) is 0 Å². The molecule has 4 rings (SSSR count). The smallest absolute Gasteiger partial charge is 0.166 e. The van der Waals surface area contributed by atoms with E-state index < -0.39 is 0 Å². The number of pyridine rings is 1. The van der Waals surface area contributed by atoms with Crippen LogP contribution in [0, 0.1) is 6.92 Å². The maximum Gasteiger partial charge on any atom is 0.166 e. The molecule has 0 bridgehead atoms. The second-order valence-electron chi connectivity index (χ2n) is 7.12. The first-order valence-corrected chi connectivity index (χ1v) is 11.4. The third-order valence-corrected chi connectivity index (χ3v) is 6.60. The first-order valence-electron chi connectivity index (χ1n) is 9.45. The SMILES string of the molecule is Cc1c(SCc2ccc(CN(C)C)o2)ccnc1CSc1nc2ccccc2[nH]1. The third kappa shape index (κ3) is 5.04. The average molecular weight is 425 g/mol. The van der Waals surface area contributed by atoms with E-state index in [1.54, 1.807) is 23.5 Å². The maximum atomic E-state index is 5.93. The number of hydrogen-bond donors (Lipinski definition) is 1. The molecule has 0 unspecified atom stereocenters. The molecule has 150 valence electrons. The zero-order valence-corrected chi connectivity index (χ0v) is 18.4. The Morgan fingerprint density at radius 3 is 2.66 bits per heavy atom. The summed E-state index contributed by atoms with van der Waals surface area (Å²) in [7, 11) is 4.09. The fraction of sp³-hybridized carbons (Fsp3) is 0.273. The number of benzene rings is 1. The Labute approximate surface area is 179 Å². The van der Waals surface area contributed by atoms with Gasteiger partial charge in [-0.1, -0.05) is 23.9 Å². The molecule has 0 aliphatic heterocycles. The van der Waals surface area contributed by atoms with Gasteiger partial charge in [-0.05, 0) is 56.9 Å². The second kappa shape index (κ2) is 9.07. The lowest BCUT2D eigenvalue weighted by Crippen LogP contribution is -2.09. The van der Waals surface area contributed by atoms with Gasteiger partial charge in [0.2, 0.25) is 0 Å². The van der Waals surface area contributed by atoms with Gasteiger partial charge in [-0.3, -0.25) is 4.98 Å². The minimum atomic E-state index is 0.786. The van der Waals surface area contributed by atoms with Gasteiger partial charge in [0.25, 0.3) is 0 Å². The number of aromatic nitrogens is 3. The van der Waals surface area contributed by atoms with Crippen molar-refractivity contribution in [1.82, 2.24) is 19.9 Å². The number of H-pyrrole nitrogens is 1. The lowest BCUT2D eigenvalue weighted by molar-refractivity contribution is 0.344. The van der Waals surface area contributed by atoms with E-state index in [2.05, 4.69) is 45.0 Å². The standard InChI is InChI=1S/C22H24N4OS2/c1-15-20(14-29-22-24-18-6-4-5-7-19(18)25-22)23-11-10-21(15)28-13-17-9-8-16(27-17)12-26(2)3/h4-11H,12-14H2,1-3H3,(H,24,25). The van der Waals surface area contributed by atoms with Crippen LogP contribution in [0.15, 0.2) is 63.1 Å². The number of nitrogens with one attached hydrogen (secondary N) is 1. The molecular weight excluding hydrogens is 400 g/mol. The molecule has 1 N–H and O–H groups in total. The fourth-order valence-corrected chi connectivity index (χ4v) is 4.89. The molecule has 0 amide bonds. The molecule has 0 aliphatic carbocycles. The van der Waals surface area contributed by atoms with Crippen molar-refractivity contribution in [1.29, 1.82) is 0 Å². The van der Waals surface area contributed by atoms with E-state index >= 15 is 0 Å². The van der Waals surface area contributed by atoms with Crippen LogP contribution in [0.25, 0.3) is 11.0 Å². The maximum absolute atomic E-state index is 5.93. The van der Waals surface area contributed by atoms with Crippen molar-refractivity contribution >= 4 is 34.6 Å². The van der Waals surface area contributed by atoms with Gasteiger partial charge in [-0.2, -0.15) is 0 Å². The molecule has 1 aromatic carbocycles. The number of para-hydroxylation sites is 2. The van der Waals surface area contributed by atoms with E-state index in [4.69, 9.17) is 4.42 Å². The predicted molar refractivity (Wildman–Crippen MR) is 120 cm³/mol. The van der Waals surface area contributed by atoms with Crippen LogP contribution >= 0.6 is 23.5 Å². The number of furan rings is 1. The van der Waals surface area contributed by atoms with Crippen LogP contribution in [0.1, 0.15) is 22.8 Å². The summed E-state index contributed by atoms with van der Waals surface area (Å²) in [4.78, 5) is 15.9. The zero-order valence-electron chi connectivity index (χ0n) is 16.8. The van der Waals surface area contributed by atoms with Crippen LogP contribution in [0.5, 0.6) is 0 Å². The van der Waals surface area contributed by atoms with Gasteiger partial charge in [-0.25, -0.2) is 4.98 Å². The molecule has 0 atom stereocenters. The van der Waals surface area contributed by atoms with Gasteiger partial charge in [0, 0.05) is 16.8 Å². The average Bonchev–Trinajstić information content (AvgIpc) is 3.32. The number of imidazole rings is 1. The van der Waals surface area contributed by atoms with E-state index in [9.17, 15) is 0 Å². The molecule has 0 radical (unpaired) electrons. The number of thioether (sulfide) groups is 2. The highest BCUT2D eigenvalue weighted by Gasteiger charge is 2.10. The van der Waals surface area contributed by atoms with Crippen LogP contribution in [0.2, 0.25) is 0 Å². The summed E-state index contributed by atoms with van der Waals surface area (Å²) in [5.41, 5.74) is 4.38. The van der Waals surface area contributed by atoms with Gasteiger partial charge in [0.1, 0.15) is 11.5 Å². The number of aromatic amines is 1. The molecular formula is C22H24N4OS2. The fourth-order valence-electron chi connectivity index (χ4n) is 3.04. The summed E-state index contributed by atoms with van der Waals surface area (Å²) < 4.78 is 5.93. The van der Waals surface area contributed by atoms with Crippen molar-refractivity contribution < 1.29 is 4.42 Å². The Kier molecular flexibility index (Phi) is 6.28. The summed E-state index contributed by atoms with van der Waals surface area (Å²) in [6, 6.07) is 14.3. The lowest BCUT2D eigenvalue weighted by atomic mass is 10.2. The topological polar surface area (TPSA) is 58.0 Å². The van der Waals surface area contributed by atoms with Gasteiger partial charge >= 0.3 is 0 Å². The summed E-state index contributed by atoms with van der Waals surface area (Å²) in [5.74, 6) is 3.60. The highest BCUT2D eigenvalue weighted by molar-refractivity contribution is 7.98. The number of hydrogen-bond acceptors (Lipinski definition) is 6. The van der Waals surface area contributed by atoms with Crippen LogP contribution < -0.4 is 0 Å². The Morgan fingerprint density at radius 1 is 1.00 bits per heavy atom. The largest absolute Gasteiger partial charge is 0.464 e. The van der Waals surface area contributed by atoms with Gasteiger partial charge in [-0.15, -0.1) is 11.8 Å². The molecule has 4 aromatic rings. The summed E-state index contributed by atoms with van der Waals surface area (Å²) in [5, 5.41) is 0.925. The highest BCUT2D eigenvalue weighted by Crippen LogP contribution is 2.30. The third-order valence-electron chi connectivity index (χ3n) is 4.53. The minimum Gasteiger partial charge on any atom is -0.464 e. The minimum absolute atomic E-state index is 0.786. The molecule has 0 aliphatic rings. The number of rotatable bonds is 8. The Balaban J connectivity index is 1.39. The van der Waals surface area contributed by atoms with Crippen LogP contribution in [0.4, 0.5) is 0 Å². The normalized spacial score (nSPS) is 11.6. The Bertz CT molecular complexity index is 1070. The van der Waals surface area contributed by atoms with Crippen LogP contribution in [-0.2, 0) is 18.1 Å². The van der Waals surface area contributed by atoms with Crippen LogP contribution in [0.3, 0.4) is 0 Å². The Morgan fingerprint density at radius 2 is 1.83 bits per heavy atom. The summed E-state index contributed by atoms with van der Waals surface area (Å²) in [6.07, 6.45) is 1.89. The number of nitrogens with zero attached hydrogens (tertiary/aromatic N) is 3. The first kappa shape index (κ1) is 20.1. The molecule has 29 heavy (non-hydrogen) atoms. The number of fused-ring (bicyclic) bond motifs is 1. The van der Waals surface area contributed by atoms with Gasteiger partial charge < -0.3 is 14.3 Å². The summed E-state index contributed by atoms with van der Waals surface area (Å²) >= 11 is 3.48. The second-order valence-corrected chi connectivity index (χ2v) is 9.10. The van der Waals surface area contributed by atoms with Gasteiger partial charge in [0.05, 0.1) is 29.0 Å². The molecule has 5 nitrogen and oxygen atoms in total. The highest BCUT2D eigenvalue weighted by atomic mass is 32.2. The lowest BCUT2D eigenvalue weighted by Gasteiger charge is -2.09. The van der Waals surface area contributed by atoms with Gasteiger partial charge in [0.15, 0.2) is 5.16 Å². The molecule has 0 saturated heterocycles. The predicted octanol–water partition coefficient (Wildman–Crippen LogP) is 5.51. The van der Waals surface area contributed by atoms with Crippen molar-refractivity contribution in [2.75, 3.05) is 14.1 Å². The van der Waals surface area contributed by atoms with E-state index in [-0.39, 0.29) is 0 Å². The van der Waals surface area contributed by atoms with Crippen molar-refractivity contribution in [3.05, 3.63) is 71.4 Å². The quantitative estimate of drug-likeness (QED) is 0.377. The molecule has 3 aromatic heterocycles. The zero-order chi connectivity index (χ0) is 20.2. The monoisotopic (exact) mass is 424 g/mol. The molecule has 7 heteroatoms. The van der Waals surface area contributed by atoms with Crippen LogP contribution in [-0.4, -0.2) is 33.9 Å². The summed E-state index contributed by atoms with van der Waals surface area (Å²) in [6.45, 7) is 2.96. The first-order chi connectivity index (χ1) is 14.1. The molecule has 0 saturated carbocycles. The van der Waals surface area contributed by atoms with Crippen molar-refractivity contribution in [2.24, 2.45) is 0 Å². The van der Waals surface area contributed by atoms with E-state index in [0.717, 1.165) is 51.5 Å².